The second-order valence-electron chi connectivity index (χ2n) is 10.8. The topological polar surface area (TPSA) is 109 Å². The highest BCUT2D eigenvalue weighted by molar-refractivity contribution is 6.41. The Labute approximate surface area is 276 Å². The van der Waals surface area contributed by atoms with Crippen molar-refractivity contribution < 1.29 is 14.3 Å². The molecule has 0 bridgehead atoms. The Morgan fingerprint density at radius 1 is 0.978 bits per heavy atom. The van der Waals surface area contributed by atoms with Crippen LogP contribution in [0.3, 0.4) is 0 Å². The van der Waals surface area contributed by atoms with E-state index in [2.05, 4.69) is 38.9 Å². The molecule has 11 nitrogen and oxygen atoms in total. The Kier molecular flexibility index (Phi) is 8.90. The number of imidazole rings is 1. The normalized spacial score (nSPS) is 13.7. The van der Waals surface area contributed by atoms with Gasteiger partial charge >= 0.3 is 0 Å². The number of nitrogens with zero attached hydrogens (tertiary/aromatic N) is 6. The van der Waals surface area contributed by atoms with Gasteiger partial charge in [-0.25, -0.2) is 9.97 Å². The monoisotopic (exact) mass is 660 g/mol. The fourth-order valence-electron chi connectivity index (χ4n) is 5.71. The van der Waals surface area contributed by atoms with Crippen molar-refractivity contribution in [2.75, 3.05) is 62.5 Å². The highest BCUT2D eigenvalue weighted by Gasteiger charge is 2.24. The van der Waals surface area contributed by atoms with Crippen molar-refractivity contribution in [3.05, 3.63) is 71.1 Å². The largest absolute Gasteiger partial charge is 0.495 e. The van der Waals surface area contributed by atoms with E-state index >= 15 is 0 Å². The van der Waals surface area contributed by atoms with Crippen LogP contribution in [0.25, 0.3) is 27.8 Å². The van der Waals surface area contributed by atoms with E-state index < -0.39 is 0 Å². The predicted octanol–water partition coefficient (Wildman–Crippen LogP) is 6.59. The van der Waals surface area contributed by atoms with Gasteiger partial charge in [-0.15, -0.1) is 0 Å². The summed E-state index contributed by atoms with van der Waals surface area (Å²) in [6.45, 7) is 12.6. The molecule has 4 heterocycles. The number of aromatic nitrogens is 4. The molecule has 2 aromatic carbocycles. The van der Waals surface area contributed by atoms with Gasteiger partial charge in [0.15, 0.2) is 5.65 Å². The van der Waals surface area contributed by atoms with Crippen molar-refractivity contribution in [3.8, 4) is 22.6 Å². The van der Waals surface area contributed by atoms with Crippen LogP contribution in [0.2, 0.25) is 10.0 Å². The predicted molar refractivity (Wildman–Crippen MR) is 184 cm³/mol. The summed E-state index contributed by atoms with van der Waals surface area (Å²) >= 11 is 13.6. The third kappa shape index (κ3) is 5.77. The number of carbonyl (C=O) groups excluding carboxylic acids is 1. The van der Waals surface area contributed by atoms with Crippen LogP contribution in [0.15, 0.2) is 55.4 Å². The van der Waals surface area contributed by atoms with Crippen LogP contribution in [-0.4, -0.2) is 77.1 Å². The Bertz CT molecular complexity index is 1940. The molecule has 2 N–H and O–H groups in total. The second-order valence-corrected chi connectivity index (χ2v) is 11.6. The number of pyridine rings is 1. The van der Waals surface area contributed by atoms with E-state index in [1.807, 2.05) is 35.6 Å². The Hall–Kier alpha value is -4.58. The first-order valence-electron chi connectivity index (χ1n) is 14.8. The number of piperazine rings is 1. The Morgan fingerprint density at radius 3 is 2.35 bits per heavy atom. The average molecular weight is 662 g/mol. The molecule has 1 fully saturated rings. The minimum Gasteiger partial charge on any atom is -0.495 e. The molecule has 0 saturated carbocycles. The number of hydrogen-bond acceptors (Lipinski definition) is 9. The summed E-state index contributed by atoms with van der Waals surface area (Å²) in [5.74, 6) is 0.866. The summed E-state index contributed by atoms with van der Waals surface area (Å²) in [4.78, 5) is 31.3. The molecule has 0 spiro atoms. The molecule has 0 aliphatic carbocycles. The number of rotatable bonds is 9. The number of aryl methyl sites for hydroxylation is 1. The standard InChI is InChI=1S/C33H34Cl2N8O3/c1-6-27(44)38-24-15-21(42-12-10-41(7-2)11-13-42)8-9-23(24)39-33-37-18-20-14-22(32-36-17-19(3)43(32)31(20)40-33)28-29(34)25(45-4)16-26(46-5)30(28)35/h6,8-9,14-18H,1,7,10-13H2,2-5H3,(H,38,44)(H,37,39,40). The molecule has 46 heavy (non-hydrogen) atoms. The van der Waals surface area contributed by atoms with Crippen molar-refractivity contribution in [2.24, 2.45) is 0 Å². The highest BCUT2D eigenvalue weighted by Crippen LogP contribution is 2.47. The lowest BCUT2D eigenvalue weighted by Crippen LogP contribution is -2.46. The van der Waals surface area contributed by atoms with Crippen LogP contribution < -0.4 is 25.0 Å². The van der Waals surface area contributed by atoms with Crippen LogP contribution in [-0.2, 0) is 4.79 Å². The third-order valence-corrected chi connectivity index (χ3v) is 8.96. The molecule has 238 valence electrons. The van der Waals surface area contributed by atoms with Gasteiger partial charge in [0.25, 0.3) is 0 Å². The molecule has 0 atom stereocenters. The Morgan fingerprint density at radius 2 is 1.70 bits per heavy atom. The van der Waals surface area contributed by atoms with Crippen LogP contribution in [0.4, 0.5) is 23.0 Å². The molecule has 13 heteroatoms. The number of carbonyl (C=O) groups is 1. The smallest absolute Gasteiger partial charge is 0.247 e. The number of nitrogens with one attached hydrogen (secondary N) is 2. The third-order valence-electron chi connectivity index (χ3n) is 8.21. The zero-order valence-corrected chi connectivity index (χ0v) is 27.5. The summed E-state index contributed by atoms with van der Waals surface area (Å²) in [5, 5.41) is 7.63. The van der Waals surface area contributed by atoms with Gasteiger partial charge in [-0.05, 0) is 43.8 Å². The fraction of sp³-hybridized carbons (Fsp3) is 0.273. The molecule has 0 unspecified atom stereocenters. The van der Waals surface area contributed by atoms with Crippen LogP contribution in [0, 0.1) is 6.92 Å². The van der Waals surface area contributed by atoms with Crippen molar-refractivity contribution in [2.45, 2.75) is 13.8 Å². The maximum atomic E-state index is 12.4. The maximum absolute atomic E-state index is 12.4. The number of ether oxygens (including phenoxy) is 2. The molecule has 1 aliphatic rings. The number of halogens is 2. The van der Waals surface area contributed by atoms with E-state index in [4.69, 9.17) is 42.6 Å². The lowest BCUT2D eigenvalue weighted by Gasteiger charge is -2.35. The summed E-state index contributed by atoms with van der Waals surface area (Å²) in [7, 11) is 3.07. The number of anilines is 4. The molecule has 6 rings (SSSR count). The first-order chi connectivity index (χ1) is 22.3. The van der Waals surface area contributed by atoms with Gasteiger partial charge in [0.1, 0.15) is 17.1 Å². The average Bonchev–Trinajstić information content (AvgIpc) is 3.47. The lowest BCUT2D eigenvalue weighted by molar-refractivity contribution is -0.111. The Balaban J connectivity index is 1.41. The SMILES string of the molecule is C=CC(=O)Nc1cc(N2CCN(CC)CC2)ccc1Nc1ncc2cc(-c3c(Cl)c(OC)cc(OC)c3Cl)c3ncc(C)n3c2n1. The molecule has 1 saturated heterocycles. The lowest BCUT2D eigenvalue weighted by atomic mass is 10.0. The van der Waals surface area contributed by atoms with Gasteiger partial charge in [-0.2, -0.15) is 4.98 Å². The molecular formula is C33H34Cl2N8O3. The first kappa shape index (κ1) is 31.4. The van der Waals surface area contributed by atoms with Gasteiger partial charge < -0.3 is 29.9 Å². The number of benzene rings is 2. The van der Waals surface area contributed by atoms with Gasteiger partial charge in [0.05, 0.1) is 35.6 Å². The van der Waals surface area contributed by atoms with Gasteiger partial charge in [-0.3, -0.25) is 9.20 Å². The van der Waals surface area contributed by atoms with E-state index in [-0.39, 0.29) is 5.91 Å². The van der Waals surface area contributed by atoms with Crippen molar-refractivity contribution in [3.63, 3.8) is 0 Å². The van der Waals surface area contributed by atoms with E-state index in [1.165, 1.54) is 20.3 Å². The van der Waals surface area contributed by atoms with Crippen LogP contribution >= 0.6 is 23.2 Å². The molecule has 1 aliphatic heterocycles. The van der Waals surface area contributed by atoms with Gasteiger partial charge in [0.2, 0.25) is 11.9 Å². The quantitative estimate of drug-likeness (QED) is 0.169. The molecular weight excluding hydrogens is 627 g/mol. The van der Waals surface area contributed by atoms with Crippen molar-refractivity contribution >= 4 is 68.8 Å². The van der Waals surface area contributed by atoms with Crippen LogP contribution in [0.5, 0.6) is 11.5 Å². The summed E-state index contributed by atoms with van der Waals surface area (Å²) < 4.78 is 12.9. The van der Waals surface area contributed by atoms with Gasteiger partial charge in [0, 0.05) is 72.5 Å². The highest BCUT2D eigenvalue weighted by atomic mass is 35.5. The summed E-state index contributed by atoms with van der Waals surface area (Å²) in [6.07, 6.45) is 4.72. The minimum atomic E-state index is -0.315. The second kappa shape index (κ2) is 13.0. The molecule has 1 amide bonds. The van der Waals surface area contributed by atoms with E-state index in [9.17, 15) is 4.79 Å². The van der Waals surface area contributed by atoms with Crippen molar-refractivity contribution in [1.82, 2.24) is 24.3 Å². The first-order valence-corrected chi connectivity index (χ1v) is 15.6. The molecule has 3 aromatic heterocycles. The number of likely N-dealkylation sites (N-methyl/N-ethyl adjacent to an activating group) is 1. The van der Waals surface area contributed by atoms with E-state index in [0.29, 0.717) is 61.3 Å². The zero-order chi connectivity index (χ0) is 32.5. The maximum Gasteiger partial charge on any atom is 0.247 e. The number of amides is 1. The van der Waals surface area contributed by atoms with E-state index in [1.54, 1.807) is 18.5 Å². The van der Waals surface area contributed by atoms with Crippen molar-refractivity contribution in [1.29, 1.82) is 0 Å². The number of fused-ring (bicyclic) bond motifs is 3. The number of hydrogen-bond donors (Lipinski definition) is 2. The summed E-state index contributed by atoms with van der Waals surface area (Å²) in [5.41, 5.74) is 5.52. The van der Waals surface area contributed by atoms with Crippen LogP contribution in [0.1, 0.15) is 12.6 Å². The van der Waals surface area contributed by atoms with E-state index in [0.717, 1.165) is 49.5 Å². The zero-order valence-electron chi connectivity index (χ0n) is 26.0. The molecule has 5 aromatic rings. The summed E-state index contributed by atoms with van der Waals surface area (Å²) in [6, 6.07) is 9.47. The molecule has 0 radical (unpaired) electrons. The fourth-order valence-corrected chi connectivity index (χ4v) is 6.42. The number of methoxy groups -OCH3 is 2. The van der Waals surface area contributed by atoms with Gasteiger partial charge in [-0.1, -0.05) is 36.7 Å². The minimum absolute atomic E-state index is 0.315.